The number of rotatable bonds is 8. The van der Waals surface area contributed by atoms with Crippen LogP contribution in [0.15, 0.2) is 30.3 Å². The number of unbranched alkanes of at least 4 members (excludes halogenated alkanes) is 2. The summed E-state index contributed by atoms with van der Waals surface area (Å²) in [5.41, 5.74) is 1.15. The Labute approximate surface area is 132 Å². The van der Waals surface area contributed by atoms with Gasteiger partial charge in [0.2, 0.25) is 0 Å². The number of benzene rings is 2. The Balaban J connectivity index is 2.13. The molecule has 0 aromatic heterocycles. The van der Waals surface area contributed by atoms with E-state index >= 15 is 0 Å². The van der Waals surface area contributed by atoms with Crippen LogP contribution in [0.5, 0.6) is 11.5 Å². The standard InChI is InChI=1S/C18H23ClO2/c1-3-4-5-11-20-16-7-8-17-14(2)18(21-12-10-19)9-6-15(17)13-16/h6-9,13H,3-5,10-12H2,1-2H3. The molecule has 0 saturated heterocycles. The van der Waals surface area contributed by atoms with E-state index in [-0.39, 0.29) is 0 Å². The first kappa shape index (κ1) is 16.0. The van der Waals surface area contributed by atoms with Gasteiger partial charge in [0.05, 0.1) is 12.5 Å². The van der Waals surface area contributed by atoms with E-state index in [1.165, 1.54) is 23.6 Å². The molecule has 0 aliphatic rings. The van der Waals surface area contributed by atoms with Crippen molar-refractivity contribution >= 4 is 22.4 Å². The minimum atomic E-state index is 0.502. The lowest BCUT2D eigenvalue weighted by Crippen LogP contribution is -2.00. The molecule has 2 aromatic carbocycles. The minimum Gasteiger partial charge on any atom is -0.494 e. The molecule has 21 heavy (non-hydrogen) atoms. The van der Waals surface area contributed by atoms with E-state index in [4.69, 9.17) is 21.1 Å². The van der Waals surface area contributed by atoms with Gasteiger partial charge in [0.25, 0.3) is 0 Å². The first-order valence-electron chi connectivity index (χ1n) is 7.61. The minimum absolute atomic E-state index is 0.502. The molecule has 0 saturated carbocycles. The summed E-state index contributed by atoms with van der Waals surface area (Å²) in [5, 5.41) is 2.38. The number of alkyl halides is 1. The van der Waals surface area contributed by atoms with Crippen molar-refractivity contribution in [2.45, 2.75) is 33.1 Å². The van der Waals surface area contributed by atoms with Crippen LogP contribution in [0.4, 0.5) is 0 Å². The molecular formula is C18H23ClO2. The number of ether oxygens (including phenoxy) is 2. The largest absolute Gasteiger partial charge is 0.494 e. The van der Waals surface area contributed by atoms with Gasteiger partial charge in [0.15, 0.2) is 0 Å². The van der Waals surface area contributed by atoms with Gasteiger partial charge >= 0.3 is 0 Å². The van der Waals surface area contributed by atoms with Crippen LogP contribution in [0.25, 0.3) is 10.8 Å². The third-order valence-electron chi connectivity index (χ3n) is 3.56. The molecule has 0 bridgehead atoms. The van der Waals surface area contributed by atoms with Gasteiger partial charge in [-0.25, -0.2) is 0 Å². The highest BCUT2D eigenvalue weighted by Gasteiger charge is 2.06. The fraction of sp³-hybridized carbons (Fsp3) is 0.444. The Bertz CT molecular complexity index is 581. The quantitative estimate of drug-likeness (QED) is 0.484. The molecule has 0 fully saturated rings. The van der Waals surface area contributed by atoms with E-state index in [9.17, 15) is 0 Å². The van der Waals surface area contributed by atoms with E-state index in [2.05, 4.69) is 32.0 Å². The number of hydrogen-bond acceptors (Lipinski definition) is 2. The van der Waals surface area contributed by atoms with Crippen LogP contribution in [0.2, 0.25) is 0 Å². The molecular weight excluding hydrogens is 284 g/mol. The van der Waals surface area contributed by atoms with Crippen molar-refractivity contribution in [3.8, 4) is 11.5 Å². The van der Waals surface area contributed by atoms with E-state index in [0.29, 0.717) is 12.5 Å². The molecule has 0 amide bonds. The highest BCUT2D eigenvalue weighted by Crippen LogP contribution is 2.30. The molecule has 0 atom stereocenters. The van der Waals surface area contributed by atoms with Crippen molar-refractivity contribution < 1.29 is 9.47 Å². The topological polar surface area (TPSA) is 18.5 Å². The average Bonchev–Trinajstić information content (AvgIpc) is 2.51. The van der Waals surface area contributed by atoms with Crippen molar-refractivity contribution in [1.29, 1.82) is 0 Å². The molecule has 0 unspecified atom stereocenters. The summed E-state index contributed by atoms with van der Waals surface area (Å²) in [5.74, 6) is 2.34. The molecule has 114 valence electrons. The zero-order valence-corrected chi connectivity index (χ0v) is 13.6. The van der Waals surface area contributed by atoms with E-state index in [1.807, 2.05) is 12.1 Å². The predicted molar refractivity (Wildman–Crippen MR) is 89.9 cm³/mol. The van der Waals surface area contributed by atoms with Crippen LogP contribution in [0, 0.1) is 6.92 Å². The van der Waals surface area contributed by atoms with Crippen LogP contribution in [0.3, 0.4) is 0 Å². The molecule has 0 heterocycles. The predicted octanol–water partition coefficient (Wildman–Crippen LogP) is 5.33. The Morgan fingerprint density at radius 1 is 1.00 bits per heavy atom. The summed E-state index contributed by atoms with van der Waals surface area (Å²) in [6.07, 6.45) is 3.54. The first-order chi connectivity index (χ1) is 10.3. The van der Waals surface area contributed by atoms with Crippen LogP contribution in [-0.4, -0.2) is 19.1 Å². The van der Waals surface area contributed by atoms with Gasteiger partial charge in [-0.3, -0.25) is 0 Å². The molecule has 0 aliphatic heterocycles. The summed E-state index contributed by atoms with van der Waals surface area (Å²) in [7, 11) is 0. The summed E-state index contributed by atoms with van der Waals surface area (Å²) in [6.45, 7) is 5.60. The average molecular weight is 307 g/mol. The lowest BCUT2D eigenvalue weighted by Gasteiger charge is -2.12. The highest BCUT2D eigenvalue weighted by atomic mass is 35.5. The molecule has 0 spiro atoms. The molecule has 0 N–H and O–H groups in total. The van der Waals surface area contributed by atoms with E-state index in [0.717, 1.165) is 30.1 Å². The Kier molecular flexibility index (Phi) is 6.19. The fourth-order valence-corrected chi connectivity index (χ4v) is 2.46. The number of aryl methyl sites for hydroxylation is 1. The van der Waals surface area contributed by atoms with Gasteiger partial charge < -0.3 is 9.47 Å². The second-order valence-corrected chi connectivity index (χ2v) is 5.54. The molecule has 3 heteroatoms. The van der Waals surface area contributed by atoms with Crippen molar-refractivity contribution in [2.75, 3.05) is 19.1 Å². The number of fused-ring (bicyclic) bond motifs is 1. The maximum atomic E-state index is 5.80. The van der Waals surface area contributed by atoms with Gasteiger partial charge in [-0.1, -0.05) is 31.9 Å². The third-order valence-corrected chi connectivity index (χ3v) is 3.72. The monoisotopic (exact) mass is 306 g/mol. The maximum absolute atomic E-state index is 5.80. The van der Waals surface area contributed by atoms with Crippen molar-refractivity contribution in [2.24, 2.45) is 0 Å². The van der Waals surface area contributed by atoms with Crippen LogP contribution >= 0.6 is 11.6 Å². The smallest absolute Gasteiger partial charge is 0.122 e. The highest BCUT2D eigenvalue weighted by molar-refractivity contribution is 6.18. The second kappa shape index (κ2) is 8.14. The van der Waals surface area contributed by atoms with Gasteiger partial charge in [-0.05, 0) is 47.9 Å². The molecule has 2 nitrogen and oxygen atoms in total. The number of hydrogen-bond donors (Lipinski definition) is 0. The summed E-state index contributed by atoms with van der Waals surface area (Å²) >= 11 is 5.67. The zero-order chi connectivity index (χ0) is 15.1. The maximum Gasteiger partial charge on any atom is 0.122 e. The van der Waals surface area contributed by atoms with Gasteiger partial charge in [0, 0.05) is 0 Å². The fourth-order valence-electron chi connectivity index (χ4n) is 2.38. The SMILES string of the molecule is CCCCCOc1ccc2c(C)c(OCCCl)ccc2c1. The Hall–Kier alpha value is -1.41. The molecule has 0 aliphatic carbocycles. The lowest BCUT2D eigenvalue weighted by atomic mass is 10.0. The zero-order valence-electron chi connectivity index (χ0n) is 12.8. The molecule has 2 rings (SSSR count). The van der Waals surface area contributed by atoms with Gasteiger partial charge in [-0.2, -0.15) is 0 Å². The van der Waals surface area contributed by atoms with E-state index < -0.39 is 0 Å². The van der Waals surface area contributed by atoms with Crippen molar-refractivity contribution in [1.82, 2.24) is 0 Å². The first-order valence-corrected chi connectivity index (χ1v) is 8.14. The Morgan fingerprint density at radius 3 is 2.62 bits per heavy atom. The van der Waals surface area contributed by atoms with Crippen LogP contribution < -0.4 is 9.47 Å². The van der Waals surface area contributed by atoms with E-state index in [1.54, 1.807) is 0 Å². The summed E-state index contributed by atoms with van der Waals surface area (Å²) in [4.78, 5) is 0. The summed E-state index contributed by atoms with van der Waals surface area (Å²) < 4.78 is 11.5. The molecule has 2 aromatic rings. The third kappa shape index (κ3) is 4.28. The lowest BCUT2D eigenvalue weighted by molar-refractivity contribution is 0.306. The van der Waals surface area contributed by atoms with Crippen LogP contribution in [-0.2, 0) is 0 Å². The van der Waals surface area contributed by atoms with Crippen molar-refractivity contribution in [3.05, 3.63) is 35.9 Å². The Morgan fingerprint density at radius 2 is 1.86 bits per heavy atom. The molecule has 0 radical (unpaired) electrons. The van der Waals surface area contributed by atoms with Crippen molar-refractivity contribution in [3.63, 3.8) is 0 Å². The summed E-state index contributed by atoms with van der Waals surface area (Å²) in [6, 6.07) is 10.3. The normalized spacial score (nSPS) is 10.8. The van der Waals surface area contributed by atoms with Crippen LogP contribution in [0.1, 0.15) is 31.7 Å². The van der Waals surface area contributed by atoms with Gasteiger partial charge in [0.1, 0.15) is 18.1 Å². The second-order valence-electron chi connectivity index (χ2n) is 5.16. The van der Waals surface area contributed by atoms with Gasteiger partial charge in [-0.15, -0.1) is 11.6 Å². The number of halogens is 1.